The largest absolute Gasteiger partial charge is 0.480 e. The van der Waals surface area contributed by atoms with Gasteiger partial charge in [-0.3, -0.25) is 9.10 Å². The Morgan fingerprint density at radius 2 is 1.94 bits per heavy atom. The molecule has 0 aliphatic carbocycles. The molecular formula is C23H28FN3O4S. The minimum atomic E-state index is -4.07. The molecule has 0 radical (unpaired) electrons. The van der Waals surface area contributed by atoms with E-state index in [0.717, 1.165) is 12.5 Å². The Labute approximate surface area is 187 Å². The number of hydrogen-bond donors (Lipinski definition) is 1. The van der Waals surface area contributed by atoms with Crippen LogP contribution in [0.5, 0.6) is 0 Å². The summed E-state index contributed by atoms with van der Waals surface area (Å²) in [7, 11) is -4.07. The number of hydrogen-bond acceptors (Lipinski definition) is 4. The molecule has 1 N–H and O–H groups in total. The molecule has 0 bridgehead atoms. The molecule has 1 heterocycles. The third kappa shape index (κ3) is 4.93. The Hall–Kier alpha value is -2.94. The monoisotopic (exact) mass is 461 g/mol. The topological polar surface area (TPSA) is 92.5 Å². The summed E-state index contributed by atoms with van der Waals surface area (Å²) >= 11 is 0. The molecule has 0 saturated carbocycles. The summed E-state index contributed by atoms with van der Waals surface area (Å²) in [5, 5.41) is 9.37. The smallest absolute Gasteiger partial charge is 0.323 e. The summed E-state index contributed by atoms with van der Waals surface area (Å²) in [4.78, 5) is 16.0. The molecule has 1 aromatic heterocycles. The number of carboxylic acids is 1. The number of carboxylic acid groups (broad SMARTS) is 1. The molecular weight excluding hydrogens is 433 g/mol. The lowest BCUT2D eigenvalue weighted by Gasteiger charge is -2.25. The van der Waals surface area contributed by atoms with Crippen LogP contribution in [0.1, 0.15) is 39.4 Å². The van der Waals surface area contributed by atoms with E-state index in [9.17, 15) is 22.7 Å². The van der Waals surface area contributed by atoms with Gasteiger partial charge in [0, 0.05) is 13.0 Å². The number of fused-ring (bicyclic) bond motifs is 1. The second-order valence-electron chi connectivity index (χ2n) is 8.12. The summed E-state index contributed by atoms with van der Waals surface area (Å²) in [5.74, 6) is -0.816. The highest BCUT2D eigenvalue weighted by atomic mass is 32.2. The average Bonchev–Trinajstić information content (AvgIpc) is 3.05. The fourth-order valence-corrected chi connectivity index (χ4v) is 5.13. The third-order valence-electron chi connectivity index (χ3n) is 5.17. The van der Waals surface area contributed by atoms with Gasteiger partial charge in [-0.15, -0.1) is 0 Å². The zero-order chi connectivity index (χ0) is 23.5. The highest BCUT2D eigenvalue weighted by Gasteiger charge is 2.28. The Morgan fingerprint density at radius 3 is 2.56 bits per heavy atom. The number of aromatic nitrogens is 2. The number of anilines is 1. The summed E-state index contributed by atoms with van der Waals surface area (Å²) in [6, 6.07) is 10.0. The number of benzene rings is 2. The van der Waals surface area contributed by atoms with Crippen LogP contribution in [0.15, 0.2) is 47.4 Å². The lowest BCUT2D eigenvalue weighted by Crippen LogP contribution is -2.33. The van der Waals surface area contributed by atoms with E-state index in [1.54, 1.807) is 22.8 Å². The number of para-hydroxylation sites is 1. The van der Waals surface area contributed by atoms with Gasteiger partial charge in [0.15, 0.2) is 0 Å². The molecule has 9 heteroatoms. The van der Waals surface area contributed by atoms with Crippen molar-refractivity contribution in [3.8, 4) is 0 Å². The maximum Gasteiger partial charge on any atom is 0.323 e. The maximum atomic E-state index is 13.8. The fraction of sp³-hybridized carbons (Fsp3) is 0.391. The highest BCUT2D eigenvalue weighted by molar-refractivity contribution is 7.92. The van der Waals surface area contributed by atoms with Crippen LogP contribution < -0.4 is 4.31 Å². The zero-order valence-electron chi connectivity index (χ0n) is 18.5. The number of aliphatic carboxylic acids is 1. The molecule has 0 aliphatic rings. The van der Waals surface area contributed by atoms with Crippen LogP contribution in [0.2, 0.25) is 0 Å². The van der Waals surface area contributed by atoms with Gasteiger partial charge in [0.2, 0.25) is 0 Å². The Balaban J connectivity index is 2.22. The summed E-state index contributed by atoms with van der Waals surface area (Å²) < 4.78 is 43.8. The van der Waals surface area contributed by atoms with Crippen LogP contribution in [0.4, 0.5) is 10.1 Å². The van der Waals surface area contributed by atoms with Gasteiger partial charge < -0.3 is 9.67 Å². The van der Waals surface area contributed by atoms with Gasteiger partial charge in [0.05, 0.1) is 16.1 Å². The second-order valence-corrected chi connectivity index (χ2v) is 9.98. The SMILES string of the molecule is CCCc1nc2c(N(CCC(C)C)S(=O)(=O)c3cccc(F)c3)cccc2n1CC(=O)O. The van der Waals surface area contributed by atoms with Crippen LogP contribution in [-0.2, 0) is 27.8 Å². The molecule has 7 nitrogen and oxygen atoms in total. The van der Waals surface area contributed by atoms with Crippen molar-refractivity contribution in [2.24, 2.45) is 5.92 Å². The van der Waals surface area contributed by atoms with Crippen molar-refractivity contribution < 1.29 is 22.7 Å². The number of nitrogens with zero attached hydrogens (tertiary/aromatic N) is 3. The van der Waals surface area contributed by atoms with Crippen LogP contribution >= 0.6 is 0 Å². The predicted molar refractivity (Wildman–Crippen MR) is 122 cm³/mol. The van der Waals surface area contributed by atoms with Crippen LogP contribution in [0.25, 0.3) is 11.0 Å². The van der Waals surface area contributed by atoms with Crippen LogP contribution in [0.3, 0.4) is 0 Å². The molecule has 0 atom stereocenters. The van der Waals surface area contributed by atoms with E-state index in [1.807, 2.05) is 20.8 Å². The van der Waals surface area contributed by atoms with Crippen molar-refractivity contribution >= 4 is 32.7 Å². The molecule has 172 valence electrons. The van der Waals surface area contributed by atoms with Gasteiger partial charge >= 0.3 is 5.97 Å². The minimum Gasteiger partial charge on any atom is -0.480 e. The number of rotatable bonds is 10. The number of sulfonamides is 1. The van der Waals surface area contributed by atoms with Gasteiger partial charge in [-0.1, -0.05) is 32.9 Å². The van der Waals surface area contributed by atoms with E-state index in [0.29, 0.717) is 35.4 Å². The van der Waals surface area contributed by atoms with Gasteiger partial charge in [0.25, 0.3) is 10.0 Å². The average molecular weight is 462 g/mol. The minimum absolute atomic E-state index is 0.142. The summed E-state index contributed by atoms with van der Waals surface area (Å²) in [6.45, 7) is 5.88. The van der Waals surface area contributed by atoms with Crippen LogP contribution in [0, 0.1) is 11.7 Å². The fourth-order valence-electron chi connectivity index (χ4n) is 3.61. The molecule has 0 spiro atoms. The summed E-state index contributed by atoms with van der Waals surface area (Å²) in [6.07, 6.45) is 1.91. The third-order valence-corrected chi connectivity index (χ3v) is 6.98. The van der Waals surface area contributed by atoms with E-state index in [-0.39, 0.29) is 23.9 Å². The Bertz CT molecular complexity index is 1220. The van der Waals surface area contributed by atoms with E-state index in [2.05, 4.69) is 4.98 Å². The van der Waals surface area contributed by atoms with Crippen molar-refractivity contribution in [2.45, 2.75) is 51.5 Å². The molecule has 3 aromatic rings. The number of aryl methyl sites for hydroxylation is 1. The van der Waals surface area contributed by atoms with Crippen molar-refractivity contribution in [2.75, 3.05) is 10.8 Å². The van der Waals surface area contributed by atoms with E-state index >= 15 is 0 Å². The molecule has 2 aromatic carbocycles. The second kappa shape index (κ2) is 9.68. The first kappa shape index (κ1) is 23.7. The van der Waals surface area contributed by atoms with Gasteiger partial charge in [-0.25, -0.2) is 17.8 Å². The molecule has 32 heavy (non-hydrogen) atoms. The van der Waals surface area contributed by atoms with E-state index in [1.165, 1.54) is 22.5 Å². The van der Waals surface area contributed by atoms with E-state index in [4.69, 9.17) is 0 Å². The zero-order valence-corrected chi connectivity index (χ0v) is 19.3. The molecule has 3 rings (SSSR count). The van der Waals surface area contributed by atoms with Crippen LogP contribution in [-0.4, -0.2) is 35.6 Å². The maximum absolute atomic E-state index is 13.8. The molecule has 0 fully saturated rings. The van der Waals surface area contributed by atoms with Gasteiger partial charge in [-0.2, -0.15) is 0 Å². The molecule has 0 amide bonds. The van der Waals surface area contributed by atoms with Gasteiger partial charge in [0.1, 0.15) is 23.7 Å². The predicted octanol–water partition coefficient (Wildman–Crippen LogP) is 4.45. The Kier molecular flexibility index (Phi) is 7.18. The van der Waals surface area contributed by atoms with Crippen molar-refractivity contribution in [3.63, 3.8) is 0 Å². The normalized spacial score (nSPS) is 11.9. The van der Waals surface area contributed by atoms with Crippen molar-refractivity contribution in [1.82, 2.24) is 9.55 Å². The standard InChI is InChI=1S/C23H28FN3O4S/c1-4-7-21-25-23-19(26(21)15-22(28)29)10-6-11-20(23)27(13-12-16(2)3)32(30,31)18-9-5-8-17(24)14-18/h5-6,8-11,14,16H,4,7,12-13,15H2,1-3H3,(H,28,29). The lowest BCUT2D eigenvalue weighted by molar-refractivity contribution is -0.137. The van der Waals surface area contributed by atoms with E-state index < -0.39 is 21.8 Å². The first-order chi connectivity index (χ1) is 15.1. The summed E-state index contributed by atoms with van der Waals surface area (Å²) in [5.41, 5.74) is 1.33. The molecule has 0 unspecified atom stereocenters. The first-order valence-corrected chi connectivity index (χ1v) is 12.1. The number of halogens is 1. The first-order valence-electron chi connectivity index (χ1n) is 10.6. The quantitative estimate of drug-likeness (QED) is 0.481. The highest BCUT2D eigenvalue weighted by Crippen LogP contribution is 2.32. The van der Waals surface area contributed by atoms with Crippen molar-refractivity contribution in [3.05, 3.63) is 54.1 Å². The number of imidazole rings is 1. The molecule has 0 saturated heterocycles. The lowest BCUT2D eigenvalue weighted by atomic mass is 10.1. The number of carbonyl (C=O) groups is 1. The molecule has 0 aliphatic heterocycles. The van der Waals surface area contributed by atoms with Crippen molar-refractivity contribution in [1.29, 1.82) is 0 Å². The Morgan fingerprint density at radius 1 is 1.22 bits per heavy atom. The van der Waals surface area contributed by atoms with Gasteiger partial charge in [-0.05, 0) is 49.1 Å².